The fraction of sp³-hybridized carbons (Fsp3) is 0.433. The number of nitrogens with one attached hydrogen (secondary N) is 1. The van der Waals surface area contributed by atoms with Crippen molar-refractivity contribution in [1.82, 2.24) is 29.2 Å². The van der Waals surface area contributed by atoms with E-state index >= 15 is 4.39 Å². The molecular weight excluding hydrogens is 560 g/mol. The van der Waals surface area contributed by atoms with E-state index in [0.29, 0.717) is 25.2 Å². The highest BCUT2D eigenvalue weighted by atomic mass is 19.1. The van der Waals surface area contributed by atoms with Gasteiger partial charge in [0.25, 0.3) is 5.56 Å². The predicted molar refractivity (Wildman–Crippen MR) is 155 cm³/mol. The first-order valence-electron chi connectivity index (χ1n) is 14.1. The van der Waals surface area contributed by atoms with E-state index in [2.05, 4.69) is 20.3 Å². The largest absolute Gasteiger partial charge is 0.444 e. The number of anilines is 2. The van der Waals surface area contributed by atoms with Crippen LogP contribution in [0.1, 0.15) is 57.5 Å². The minimum atomic E-state index is -2.04. The number of benzene rings is 1. The smallest absolute Gasteiger partial charge is 0.410 e. The number of alkyl halides is 1. The number of pyridine rings is 1. The highest BCUT2D eigenvalue weighted by molar-refractivity contribution is 5.77. The van der Waals surface area contributed by atoms with E-state index in [-0.39, 0.29) is 59.4 Å². The molecule has 0 saturated carbocycles. The molecule has 0 spiro atoms. The lowest BCUT2D eigenvalue weighted by atomic mass is 9.99. The normalized spacial score (nSPS) is 16.2. The summed E-state index contributed by atoms with van der Waals surface area (Å²) in [4.78, 5) is 41.0. The van der Waals surface area contributed by atoms with Crippen LogP contribution in [-0.4, -0.2) is 60.7 Å². The summed E-state index contributed by atoms with van der Waals surface area (Å²) in [7, 11) is 0. The Hall–Kier alpha value is -4.39. The zero-order valence-corrected chi connectivity index (χ0v) is 24.6. The van der Waals surface area contributed by atoms with E-state index in [0.717, 1.165) is 17.2 Å². The van der Waals surface area contributed by atoms with Crippen LogP contribution in [0.2, 0.25) is 0 Å². The second-order valence-corrected chi connectivity index (χ2v) is 12.2. The Morgan fingerprint density at radius 1 is 1.14 bits per heavy atom. The SMILES string of the molecule is CC(C)n1c(=O)c2cnc(Nc3ccc4c(c3)CN(C(=O)OC(C)(C)C)CC4)nc2n1-c1ccc(F)c(C2(F)COC2)n1. The van der Waals surface area contributed by atoms with Crippen molar-refractivity contribution >= 4 is 28.8 Å². The Balaban J connectivity index is 1.35. The molecule has 1 saturated heterocycles. The molecule has 3 aromatic heterocycles. The molecule has 0 aliphatic carbocycles. The fourth-order valence-corrected chi connectivity index (χ4v) is 5.27. The van der Waals surface area contributed by atoms with Gasteiger partial charge in [-0.3, -0.25) is 4.79 Å². The molecule has 1 N–H and O–H groups in total. The van der Waals surface area contributed by atoms with Crippen LogP contribution in [0.5, 0.6) is 0 Å². The molecule has 1 aromatic carbocycles. The average molecular weight is 594 g/mol. The van der Waals surface area contributed by atoms with Gasteiger partial charge in [0, 0.05) is 31.0 Å². The van der Waals surface area contributed by atoms with Crippen molar-refractivity contribution in [3.8, 4) is 5.82 Å². The van der Waals surface area contributed by atoms with Gasteiger partial charge in [-0.15, -0.1) is 0 Å². The summed E-state index contributed by atoms with van der Waals surface area (Å²) in [5, 5.41) is 3.42. The summed E-state index contributed by atoms with van der Waals surface area (Å²) >= 11 is 0. The van der Waals surface area contributed by atoms with Gasteiger partial charge in [-0.2, -0.15) is 4.98 Å². The number of carbonyl (C=O) groups excluding carboxylic acids is 1. The number of ether oxygens (including phenoxy) is 2. The minimum absolute atomic E-state index is 0.141. The number of hydrogen-bond acceptors (Lipinski definition) is 8. The molecule has 226 valence electrons. The zero-order chi connectivity index (χ0) is 30.7. The van der Waals surface area contributed by atoms with Gasteiger partial charge in [-0.25, -0.2) is 32.9 Å². The van der Waals surface area contributed by atoms with E-state index in [1.54, 1.807) is 4.90 Å². The van der Waals surface area contributed by atoms with E-state index in [1.807, 2.05) is 52.8 Å². The Bertz CT molecular complexity index is 1790. The maximum atomic E-state index is 15.2. The molecule has 0 radical (unpaired) electrons. The molecule has 6 rings (SSSR count). The van der Waals surface area contributed by atoms with Crippen molar-refractivity contribution in [2.75, 3.05) is 25.1 Å². The highest BCUT2D eigenvalue weighted by Crippen LogP contribution is 2.35. The minimum Gasteiger partial charge on any atom is -0.444 e. The molecule has 0 unspecified atom stereocenters. The van der Waals surface area contributed by atoms with Crippen molar-refractivity contribution in [3.05, 3.63) is 69.5 Å². The summed E-state index contributed by atoms with van der Waals surface area (Å²) in [6.07, 6.45) is 1.76. The monoisotopic (exact) mass is 593 g/mol. The summed E-state index contributed by atoms with van der Waals surface area (Å²) in [6.45, 7) is 9.51. The van der Waals surface area contributed by atoms with Crippen LogP contribution < -0.4 is 10.9 Å². The number of amides is 1. The summed E-state index contributed by atoms with van der Waals surface area (Å²) in [5.41, 5.74) is -0.347. The number of halogens is 2. The van der Waals surface area contributed by atoms with Crippen LogP contribution in [0.4, 0.5) is 25.2 Å². The lowest BCUT2D eigenvalue weighted by Crippen LogP contribution is -2.44. The average Bonchev–Trinajstić information content (AvgIpc) is 3.22. The molecule has 2 aliphatic heterocycles. The van der Waals surface area contributed by atoms with Crippen molar-refractivity contribution in [1.29, 1.82) is 0 Å². The molecule has 13 heteroatoms. The van der Waals surface area contributed by atoms with E-state index < -0.39 is 17.1 Å². The Morgan fingerprint density at radius 3 is 2.58 bits per heavy atom. The number of nitrogens with zero attached hydrogens (tertiary/aromatic N) is 6. The molecule has 43 heavy (non-hydrogen) atoms. The van der Waals surface area contributed by atoms with Crippen molar-refractivity contribution in [2.45, 2.75) is 64.9 Å². The standard InChI is InChI=1S/C30H33F2N7O4/c1-17(2)38-26(40)21-13-33-27(36-25(21)39(38)23-9-8-22(31)24(35-23)30(32)15-42-16-30)34-20-7-6-18-10-11-37(14-19(18)12-20)28(41)43-29(3,4)5/h6-9,12-13,17H,10-11,14-16H2,1-5H3,(H,33,34,36). The third-order valence-corrected chi connectivity index (χ3v) is 7.37. The van der Waals surface area contributed by atoms with Crippen LogP contribution in [-0.2, 0) is 28.1 Å². The molecule has 1 fully saturated rings. The fourth-order valence-electron chi connectivity index (χ4n) is 5.27. The van der Waals surface area contributed by atoms with E-state index in [4.69, 9.17) is 9.47 Å². The summed E-state index contributed by atoms with van der Waals surface area (Å²) in [6, 6.07) is 8.02. The molecular formula is C30H33F2N7O4. The van der Waals surface area contributed by atoms with Gasteiger partial charge >= 0.3 is 6.09 Å². The van der Waals surface area contributed by atoms with Gasteiger partial charge in [0.1, 0.15) is 22.5 Å². The lowest BCUT2D eigenvalue weighted by Gasteiger charge is -2.33. The lowest BCUT2D eigenvalue weighted by molar-refractivity contribution is -0.139. The van der Waals surface area contributed by atoms with Gasteiger partial charge in [-0.05, 0) is 76.4 Å². The second-order valence-electron chi connectivity index (χ2n) is 12.2. The first-order valence-corrected chi connectivity index (χ1v) is 14.1. The van der Waals surface area contributed by atoms with Crippen LogP contribution >= 0.6 is 0 Å². The molecule has 11 nitrogen and oxygen atoms in total. The van der Waals surface area contributed by atoms with Crippen LogP contribution in [0, 0.1) is 5.82 Å². The number of fused-ring (bicyclic) bond motifs is 2. The Morgan fingerprint density at radius 2 is 1.91 bits per heavy atom. The molecule has 0 bridgehead atoms. The first kappa shape index (κ1) is 28.7. The topological polar surface area (TPSA) is 116 Å². The maximum absolute atomic E-state index is 15.2. The quantitative estimate of drug-likeness (QED) is 0.346. The molecule has 2 aliphatic rings. The number of hydrogen-bond donors (Lipinski definition) is 1. The van der Waals surface area contributed by atoms with Gasteiger partial charge < -0.3 is 19.7 Å². The molecule has 5 heterocycles. The van der Waals surface area contributed by atoms with Gasteiger partial charge in [0.05, 0.1) is 13.2 Å². The Labute approximate surface area is 246 Å². The maximum Gasteiger partial charge on any atom is 0.410 e. The van der Waals surface area contributed by atoms with Crippen LogP contribution in [0.25, 0.3) is 16.9 Å². The predicted octanol–water partition coefficient (Wildman–Crippen LogP) is 4.93. The van der Waals surface area contributed by atoms with Crippen LogP contribution in [0.3, 0.4) is 0 Å². The zero-order valence-electron chi connectivity index (χ0n) is 24.6. The summed E-state index contributed by atoms with van der Waals surface area (Å²) in [5.74, 6) is -0.445. The van der Waals surface area contributed by atoms with Crippen molar-refractivity contribution in [2.24, 2.45) is 0 Å². The van der Waals surface area contributed by atoms with Crippen molar-refractivity contribution < 1.29 is 23.0 Å². The highest BCUT2D eigenvalue weighted by Gasteiger charge is 2.44. The van der Waals surface area contributed by atoms with Crippen molar-refractivity contribution in [3.63, 3.8) is 0 Å². The summed E-state index contributed by atoms with van der Waals surface area (Å²) < 4.78 is 43.2. The third-order valence-electron chi connectivity index (χ3n) is 7.37. The molecule has 1 amide bonds. The molecule has 0 atom stereocenters. The Kier molecular flexibility index (Phi) is 6.95. The second kappa shape index (κ2) is 10.4. The first-order chi connectivity index (χ1) is 20.3. The van der Waals surface area contributed by atoms with Gasteiger partial charge in [0.2, 0.25) is 11.6 Å². The van der Waals surface area contributed by atoms with E-state index in [1.165, 1.54) is 21.6 Å². The molecule has 4 aromatic rings. The number of rotatable bonds is 5. The van der Waals surface area contributed by atoms with Gasteiger partial charge in [0.15, 0.2) is 11.5 Å². The third kappa shape index (κ3) is 5.33. The number of aromatic nitrogens is 5. The number of carbonyl (C=O) groups is 1. The van der Waals surface area contributed by atoms with E-state index in [9.17, 15) is 14.0 Å². The van der Waals surface area contributed by atoms with Crippen LogP contribution in [0.15, 0.2) is 41.3 Å². The van der Waals surface area contributed by atoms with Gasteiger partial charge in [-0.1, -0.05) is 6.07 Å².